The van der Waals surface area contributed by atoms with Crippen LogP contribution in [0.4, 0.5) is 13.2 Å². The molecule has 2 aromatic heterocycles. The Morgan fingerprint density at radius 1 is 1.12 bits per heavy atom. The molecule has 0 bridgehead atoms. The van der Waals surface area contributed by atoms with Crippen LogP contribution in [0.25, 0.3) is 16.8 Å². The Morgan fingerprint density at radius 2 is 1.85 bits per heavy atom. The molecule has 2 heterocycles. The van der Waals surface area contributed by atoms with Crippen molar-refractivity contribution in [2.75, 3.05) is 6.61 Å². The number of ether oxygens (including phenoxy) is 1. The van der Waals surface area contributed by atoms with E-state index in [-0.39, 0.29) is 18.5 Å². The molecule has 168 valence electrons. The molecule has 8 heteroatoms. The van der Waals surface area contributed by atoms with Crippen molar-refractivity contribution < 1.29 is 22.7 Å². The fraction of sp³-hybridized carbons (Fsp3) is 0.240. The molecule has 4 aromatic rings. The predicted molar refractivity (Wildman–Crippen MR) is 116 cm³/mol. The summed E-state index contributed by atoms with van der Waals surface area (Å²) in [6.45, 7) is 2.02. The number of hydrogen-bond donors (Lipinski definition) is 0. The summed E-state index contributed by atoms with van der Waals surface area (Å²) in [5.41, 5.74) is 1.67. The maximum Gasteiger partial charge on any atom is 0.416 e. The monoisotopic (exact) mass is 451 g/mol. The number of nitrogens with zero attached hydrogens (tertiary/aromatic N) is 3. The molecule has 0 amide bonds. The van der Waals surface area contributed by atoms with Crippen molar-refractivity contribution in [3.8, 4) is 11.1 Å². The smallest absolute Gasteiger partial charge is 0.416 e. The summed E-state index contributed by atoms with van der Waals surface area (Å²) in [5.74, 6) is -0.389. The Morgan fingerprint density at radius 3 is 2.52 bits per heavy atom. The first-order chi connectivity index (χ1) is 15.9. The molecule has 33 heavy (non-hydrogen) atoms. The van der Waals surface area contributed by atoms with Crippen LogP contribution in [0.5, 0.6) is 0 Å². The molecule has 0 saturated heterocycles. The van der Waals surface area contributed by atoms with Crippen LogP contribution in [0, 0.1) is 0 Å². The van der Waals surface area contributed by atoms with E-state index in [0.717, 1.165) is 17.7 Å². The molecular formula is C25H20F3N3O2. The molecule has 1 saturated carbocycles. The van der Waals surface area contributed by atoms with Crippen LogP contribution in [-0.2, 0) is 21.1 Å². The van der Waals surface area contributed by atoms with E-state index in [2.05, 4.69) is 10.1 Å². The van der Waals surface area contributed by atoms with Crippen LogP contribution >= 0.6 is 0 Å². The largest absolute Gasteiger partial charge is 0.465 e. The molecule has 1 aliphatic rings. The molecule has 1 fully saturated rings. The van der Waals surface area contributed by atoms with Gasteiger partial charge in [-0.25, -0.2) is 9.50 Å². The van der Waals surface area contributed by atoms with Crippen molar-refractivity contribution in [2.45, 2.75) is 30.9 Å². The zero-order valence-electron chi connectivity index (χ0n) is 17.7. The Labute approximate surface area is 187 Å². The van der Waals surface area contributed by atoms with E-state index in [1.807, 2.05) is 30.3 Å². The standard InChI is InChI=1S/C25H20F3N3O2/c1-2-33-23(32)24(14-20(24)17-6-4-3-5-7-17)21-12-13-29-22-19(15-30-31(21)22)16-8-10-18(11-9-16)25(26,27)28/h3-13,15,20H,2,14H2,1H3/t20-,24+/m1/s1. The van der Waals surface area contributed by atoms with Crippen molar-refractivity contribution in [3.63, 3.8) is 0 Å². The summed E-state index contributed by atoms with van der Waals surface area (Å²) in [5, 5.41) is 4.47. The lowest BCUT2D eigenvalue weighted by atomic mass is 9.95. The van der Waals surface area contributed by atoms with E-state index in [0.29, 0.717) is 28.9 Å². The highest BCUT2D eigenvalue weighted by Crippen LogP contribution is 2.61. The van der Waals surface area contributed by atoms with Gasteiger partial charge in [-0.05, 0) is 42.7 Å². The molecule has 2 aromatic carbocycles. The second kappa shape index (κ2) is 7.72. The van der Waals surface area contributed by atoms with Crippen LogP contribution in [-0.4, -0.2) is 27.2 Å². The van der Waals surface area contributed by atoms with Gasteiger partial charge < -0.3 is 4.74 Å². The van der Waals surface area contributed by atoms with Gasteiger partial charge in [-0.15, -0.1) is 0 Å². The van der Waals surface area contributed by atoms with Gasteiger partial charge in [0, 0.05) is 17.7 Å². The van der Waals surface area contributed by atoms with Crippen LogP contribution in [0.15, 0.2) is 73.1 Å². The average molecular weight is 451 g/mol. The van der Waals surface area contributed by atoms with E-state index in [1.165, 1.54) is 12.1 Å². The zero-order valence-corrected chi connectivity index (χ0v) is 17.7. The Balaban J connectivity index is 1.60. The second-order valence-electron chi connectivity index (χ2n) is 8.06. The highest BCUT2D eigenvalue weighted by molar-refractivity contribution is 5.89. The molecule has 1 aliphatic carbocycles. The van der Waals surface area contributed by atoms with Crippen LogP contribution in [0.3, 0.4) is 0 Å². The lowest BCUT2D eigenvalue weighted by Gasteiger charge is -2.18. The number of aromatic nitrogens is 3. The summed E-state index contributed by atoms with van der Waals surface area (Å²) in [4.78, 5) is 17.6. The van der Waals surface area contributed by atoms with Gasteiger partial charge in [-0.3, -0.25) is 4.79 Å². The fourth-order valence-electron chi connectivity index (χ4n) is 4.50. The molecule has 0 radical (unpaired) electrons. The van der Waals surface area contributed by atoms with Crippen LogP contribution in [0.1, 0.15) is 36.1 Å². The van der Waals surface area contributed by atoms with Crippen molar-refractivity contribution in [2.24, 2.45) is 0 Å². The lowest BCUT2D eigenvalue weighted by molar-refractivity contribution is -0.146. The highest BCUT2D eigenvalue weighted by atomic mass is 19.4. The fourth-order valence-corrected chi connectivity index (χ4v) is 4.50. The minimum absolute atomic E-state index is 0.0675. The van der Waals surface area contributed by atoms with Gasteiger partial charge >= 0.3 is 12.1 Å². The van der Waals surface area contributed by atoms with E-state index in [9.17, 15) is 18.0 Å². The Bertz CT molecular complexity index is 1320. The SMILES string of the molecule is CCOC(=O)[C@@]1(c2ccnc3c(-c4ccc(C(F)(F)F)cc4)cnn23)C[C@@H]1c1ccccc1. The summed E-state index contributed by atoms with van der Waals surface area (Å²) in [6, 6.07) is 16.4. The number of alkyl halides is 3. The Kier molecular flexibility index (Phi) is 4.96. The highest BCUT2D eigenvalue weighted by Gasteiger charge is 2.64. The molecular weight excluding hydrogens is 431 g/mol. The lowest BCUT2D eigenvalue weighted by Crippen LogP contribution is -2.28. The maximum absolute atomic E-state index is 13.2. The number of halogens is 3. The average Bonchev–Trinajstić information content (AvgIpc) is 3.43. The third-order valence-electron chi connectivity index (χ3n) is 6.18. The summed E-state index contributed by atoms with van der Waals surface area (Å²) in [7, 11) is 0. The minimum Gasteiger partial charge on any atom is -0.465 e. The third kappa shape index (κ3) is 3.46. The maximum atomic E-state index is 13.2. The van der Waals surface area contributed by atoms with Crippen LogP contribution in [0.2, 0.25) is 0 Å². The molecule has 0 aliphatic heterocycles. The first-order valence-electron chi connectivity index (χ1n) is 10.6. The zero-order chi connectivity index (χ0) is 23.2. The summed E-state index contributed by atoms with van der Waals surface area (Å²) >= 11 is 0. The summed E-state index contributed by atoms with van der Waals surface area (Å²) in [6.07, 6.45) is -0.672. The van der Waals surface area contributed by atoms with Crippen molar-refractivity contribution >= 4 is 11.6 Å². The number of rotatable bonds is 5. The second-order valence-corrected chi connectivity index (χ2v) is 8.06. The van der Waals surface area contributed by atoms with E-state index in [1.54, 1.807) is 29.9 Å². The number of esters is 1. The number of carbonyl (C=O) groups excluding carboxylic acids is 1. The molecule has 5 nitrogen and oxygen atoms in total. The number of benzene rings is 2. The van der Waals surface area contributed by atoms with Crippen molar-refractivity contribution in [1.29, 1.82) is 0 Å². The number of fused-ring (bicyclic) bond motifs is 1. The quantitative estimate of drug-likeness (QED) is 0.381. The predicted octanol–water partition coefficient (Wildman–Crippen LogP) is 5.40. The topological polar surface area (TPSA) is 56.5 Å². The molecule has 2 atom stereocenters. The van der Waals surface area contributed by atoms with Crippen molar-refractivity contribution in [3.05, 3.63) is 89.9 Å². The molecule has 0 unspecified atom stereocenters. The van der Waals surface area contributed by atoms with Gasteiger partial charge in [-0.1, -0.05) is 42.5 Å². The van der Waals surface area contributed by atoms with Gasteiger partial charge in [0.15, 0.2) is 5.65 Å². The molecule has 5 rings (SSSR count). The van der Waals surface area contributed by atoms with Crippen LogP contribution < -0.4 is 0 Å². The third-order valence-corrected chi connectivity index (χ3v) is 6.18. The molecule has 0 spiro atoms. The Hall–Kier alpha value is -3.68. The van der Waals surface area contributed by atoms with E-state index >= 15 is 0 Å². The van der Waals surface area contributed by atoms with Crippen molar-refractivity contribution in [1.82, 2.24) is 14.6 Å². The number of hydrogen-bond acceptors (Lipinski definition) is 4. The van der Waals surface area contributed by atoms with Gasteiger partial charge in [0.2, 0.25) is 0 Å². The number of carbonyl (C=O) groups is 1. The first-order valence-corrected chi connectivity index (χ1v) is 10.6. The van der Waals surface area contributed by atoms with Gasteiger partial charge in [0.1, 0.15) is 5.41 Å². The normalized spacial score (nSPS) is 20.1. The minimum atomic E-state index is -4.41. The van der Waals surface area contributed by atoms with Gasteiger partial charge in [0.05, 0.1) is 24.1 Å². The van der Waals surface area contributed by atoms with Gasteiger partial charge in [-0.2, -0.15) is 18.3 Å². The first kappa shape index (κ1) is 21.2. The summed E-state index contributed by atoms with van der Waals surface area (Å²) < 4.78 is 45.9. The van der Waals surface area contributed by atoms with Gasteiger partial charge in [0.25, 0.3) is 0 Å². The van der Waals surface area contributed by atoms with E-state index in [4.69, 9.17) is 4.74 Å². The van der Waals surface area contributed by atoms with E-state index < -0.39 is 17.2 Å². The molecule has 0 N–H and O–H groups in total.